The van der Waals surface area contributed by atoms with Gasteiger partial charge in [0.2, 0.25) is 0 Å². The van der Waals surface area contributed by atoms with Gasteiger partial charge in [-0.3, -0.25) is 4.79 Å². The third-order valence-corrected chi connectivity index (χ3v) is 2.75. The lowest BCUT2D eigenvalue weighted by atomic mass is 10.0. The van der Waals surface area contributed by atoms with Gasteiger partial charge in [-0.05, 0) is 23.6 Å². The van der Waals surface area contributed by atoms with Gasteiger partial charge in [0, 0.05) is 18.0 Å². The number of aromatic hydroxyl groups is 1. The predicted octanol–water partition coefficient (Wildman–Crippen LogP) is 2.56. The molecule has 4 heteroatoms. The second-order valence-electron chi connectivity index (χ2n) is 3.37. The first-order valence-corrected chi connectivity index (χ1v) is 5.15. The lowest BCUT2D eigenvalue weighted by molar-refractivity contribution is 0.0965. The fraction of sp³-hybridized carbons (Fsp3) is 0.0833. The van der Waals surface area contributed by atoms with Crippen LogP contribution in [0.2, 0.25) is 5.02 Å². The molecule has 82 valence electrons. The van der Waals surface area contributed by atoms with Crippen LogP contribution in [0.15, 0.2) is 30.3 Å². The third-order valence-electron chi connectivity index (χ3n) is 2.44. The first kappa shape index (κ1) is 10.8. The molecule has 16 heavy (non-hydrogen) atoms. The second kappa shape index (κ2) is 4.02. The van der Waals surface area contributed by atoms with Gasteiger partial charge in [-0.25, -0.2) is 0 Å². The zero-order valence-electron chi connectivity index (χ0n) is 8.62. The van der Waals surface area contributed by atoms with E-state index in [1.54, 1.807) is 31.3 Å². The molecule has 2 N–H and O–H groups in total. The smallest absolute Gasteiger partial charge is 0.251 e. The maximum Gasteiger partial charge on any atom is 0.251 e. The molecular weight excluding hydrogens is 226 g/mol. The number of benzene rings is 2. The summed E-state index contributed by atoms with van der Waals surface area (Å²) < 4.78 is 0. The van der Waals surface area contributed by atoms with E-state index < -0.39 is 0 Å². The molecule has 2 aromatic carbocycles. The molecule has 0 aliphatic heterocycles. The topological polar surface area (TPSA) is 49.3 Å². The molecular formula is C12H10ClNO2. The van der Waals surface area contributed by atoms with Crippen LogP contribution < -0.4 is 5.32 Å². The molecule has 2 aromatic rings. The first-order valence-electron chi connectivity index (χ1n) is 4.77. The molecule has 0 atom stereocenters. The van der Waals surface area contributed by atoms with Crippen molar-refractivity contribution in [2.45, 2.75) is 0 Å². The number of halogens is 1. The van der Waals surface area contributed by atoms with Crippen molar-refractivity contribution in [3.63, 3.8) is 0 Å². The summed E-state index contributed by atoms with van der Waals surface area (Å²) in [6.07, 6.45) is 0. The van der Waals surface area contributed by atoms with Crippen LogP contribution in [0.25, 0.3) is 10.8 Å². The van der Waals surface area contributed by atoms with E-state index in [4.69, 9.17) is 11.6 Å². The van der Waals surface area contributed by atoms with Crippen LogP contribution in [0.3, 0.4) is 0 Å². The highest BCUT2D eigenvalue weighted by molar-refractivity contribution is 6.36. The molecule has 1 amide bonds. The van der Waals surface area contributed by atoms with Crippen LogP contribution >= 0.6 is 11.6 Å². The standard InChI is InChI=1S/C12H10ClNO2/c1-14-12(16)8-5-6-10(15)11-7(8)3-2-4-9(11)13/h2-6,15H,1H3,(H,14,16). The molecule has 0 aromatic heterocycles. The number of nitrogens with one attached hydrogen (secondary N) is 1. The van der Waals surface area contributed by atoms with Gasteiger partial charge < -0.3 is 10.4 Å². The van der Waals surface area contributed by atoms with Crippen molar-refractivity contribution in [1.82, 2.24) is 5.32 Å². The Bertz CT molecular complexity index is 558. The van der Waals surface area contributed by atoms with Crippen molar-refractivity contribution in [2.24, 2.45) is 0 Å². The average molecular weight is 236 g/mol. The van der Waals surface area contributed by atoms with Gasteiger partial charge in [0.05, 0.1) is 5.02 Å². The molecule has 0 aliphatic rings. The van der Waals surface area contributed by atoms with Crippen molar-refractivity contribution >= 4 is 28.3 Å². The van der Waals surface area contributed by atoms with Crippen molar-refractivity contribution in [3.8, 4) is 5.75 Å². The third kappa shape index (κ3) is 1.59. The lowest BCUT2D eigenvalue weighted by Gasteiger charge is -2.08. The fourth-order valence-electron chi connectivity index (χ4n) is 1.68. The normalized spacial score (nSPS) is 10.4. The average Bonchev–Trinajstić information content (AvgIpc) is 2.28. The molecule has 0 heterocycles. The van der Waals surface area contributed by atoms with E-state index in [0.717, 1.165) is 0 Å². The SMILES string of the molecule is CNC(=O)c1ccc(O)c2c(Cl)cccc12. The minimum atomic E-state index is -0.202. The minimum absolute atomic E-state index is 0.0771. The molecule has 0 saturated heterocycles. The van der Waals surface area contributed by atoms with Crippen molar-refractivity contribution < 1.29 is 9.90 Å². The number of fused-ring (bicyclic) bond motifs is 1. The fourth-order valence-corrected chi connectivity index (χ4v) is 1.95. The van der Waals surface area contributed by atoms with Crippen LogP contribution in [0.5, 0.6) is 5.75 Å². The number of hydrogen-bond donors (Lipinski definition) is 2. The van der Waals surface area contributed by atoms with Crippen molar-refractivity contribution in [1.29, 1.82) is 0 Å². The Morgan fingerprint density at radius 3 is 2.75 bits per heavy atom. The molecule has 2 rings (SSSR count). The van der Waals surface area contributed by atoms with E-state index in [0.29, 0.717) is 21.4 Å². The zero-order valence-corrected chi connectivity index (χ0v) is 9.38. The Morgan fingerprint density at radius 2 is 2.06 bits per heavy atom. The number of phenolic OH excluding ortho intramolecular Hbond substituents is 1. The molecule has 3 nitrogen and oxygen atoms in total. The summed E-state index contributed by atoms with van der Waals surface area (Å²) in [6.45, 7) is 0. The Kier molecular flexibility index (Phi) is 2.71. The number of carbonyl (C=O) groups excluding carboxylic acids is 1. The highest BCUT2D eigenvalue weighted by Gasteiger charge is 2.12. The van der Waals surface area contributed by atoms with Crippen molar-refractivity contribution in [3.05, 3.63) is 40.9 Å². The van der Waals surface area contributed by atoms with Gasteiger partial charge in [-0.1, -0.05) is 23.7 Å². The summed E-state index contributed by atoms with van der Waals surface area (Å²) in [6, 6.07) is 8.23. The number of phenols is 1. The highest BCUT2D eigenvalue weighted by atomic mass is 35.5. The number of rotatable bonds is 1. The number of amides is 1. The van der Waals surface area contributed by atoms with E-state index >= 15 is 0 Å². The summed E-state index contributed by atoms with van der Waals surface area (Å²) in [5.41, 5.74) is 0.498. The number of hydrogen-bond acceptors (Lipinski definition) is 2. The van der Waals surface area contributed by atoms with Crippen LogP contribution in [0, 0.1) is 0 Å². The van der Waals surface area contributed by atoms with E-state index in [2.05, 4.69) is 5.32 Å². The number of carbonyl (C=O) groups is 1. The second-order valence-corrected chi connectivity index (χ2v) is 3.78. The van der Waals surface area contributed by atoms with Gasteiger partial charge in [0.1, 0.15) is 5.75 Å². The predicted molar refractivity (Wildman–Crippen MR) is 64.0 cm³/mol. The Hall–Kier alpha value is -1.74. The van der Waals surface area contributed by atoms with Crippen LogP contribution in [0.1, 0.15) is 10.4 Å². The van der Waals surface area contributed by atoms with Crippen molar-refractivity contribution in [2.75, 3.05) is 7.05 Å². The Balaban J connectivity index is 2.84. The lowest BCUT2D eigenvalue weighted by Crippen LogP contribution is -2.17. The molecule has 0 fully saturated rings. The Morgan fingerprint density at radius 1 is 1.31 bits per heavy atom. The van der Waals surface area contributed by atoms with Gasteiger partial charge in [-0.2, -0.15) is 0 Å². The van der Waals surface area contributed by atoms with Gasteiger partial charge >= 0.3 is 0 Å². The van der Waals surface area contributed by atoms with E-state index in [-0.39, 0.29) is 11.7 Å². The molecule has 0 saturated carbocycles. The summed E-state index contributed by atoms with van der Waals surface area (Å²) in [4.78, 5) is 11.6. The monoisotopic (exact) mass is 235 g/mol. The first-order chi connectivity index (χ1) is 7.65. The quantitative estimate of drug-likeness (QED) is 0.798. The molecule has 0 aliphatic carbocycles. The van der Waals surface area contributed by atoms with Crippen LogP contribution in [-0.2, 0) is 0 Å². The largest absolute Gasteiger partial charge is 0.507 e. The molecule has 0 bridgehead atoms. The van der Waals surface area contributed by atoms with E-state index in [1.165, 1.54) is 6.07 Å². The van der Waals surface area contributed by atoms with Gasteiger partial charge in [0.15, 0.2) is 0 Å². The minimum Gasteiger partial charge on any atom is -0.507 e. The Labute approximate surface area is 97.7 Å². The van der Waals surface area contributed by atoms with E-state index in [9.17, 15) is 9.90 Å². The van der Waals surface area contributed by atoms with Crippen LogP contribution in [0.4, 0.5) is 0 Å². The molecule has 0 unspecified atom stereocenters. The summed E-state index contributed by atoms with van der Waals surface area (Å²) >= 11 is 5.99. The maximum atomic E-state index is 11.6. The summed E-state index contributed by atoms with van der Waals surface area (Å²) in [5.74, 6) is -0.125. The van der Waals surface area contributed by atoms with Gasteiger partial charge in [-0.15, -0.1) is 0 Å². The zero-order chi connectivity index (χ0) is 11.7. The highest BCUT2D eigenvalue weighted by Crippen LogP contribution is 2.33. The summed E-state index contributed by atoms with van der Waals surface area (Å²) in [7, 11) is 1.56. The maximum absolute atomic E-state index is 11.6. The molecule has 0 radical (unpaired) electrons. The molecule has 0 spiro atoms. The van der Waals surface area contributed by atoms with Gasteiger partial charge in [0.25, 0.3) is 5.91 Å². The summed E-state index contributed by atoms with van der Waals surface area (Å²) in [5, 5.41) is 13.8. The van der Waals surface area contributed by atoms with E-state index in [1.807, 2.05) is 0 Å². The van der Waals surface area contributed by atoms with Crippen LogP contribution in [-0.4, -0.2) is 18.1 Å².